The van der Waals surface area contributed by atoms with Crippen molar-refractivity contribution < 1.29 is 17.2 Å². The van der Waals surface area contributed by atoms with E-state index in [2.05, 4.69) is 4.57 Å². The average molecular weight is 354 g/mol. The molecular formula is C17H20F2N2O2S. The molecule has 2 aromatic rings. The Balaban J connectivity index is 1.82. The molecule has 130 valence electrons. The molecule has 0 spiro atoms. The van der Waals surface area contributed by atoms with Gasteiger partial charge in [0.05, 0.1) is 0 Å². The third-order valence-corrected chi connectivity index (χ3v) is 6.58. The number of halogens is 2. The van der Waals surface area contributed by atoms with Gasteiger partial charge in [-0.2, -0.15) is 4.31 Å². The van der Waals surface area contributed by atoms with Gasteiger partial charge < -0.3 is 4.57 Å². The minimum absolute atomic E-state index is 0.205. The predicted octanol–water partition coefficient (Wildman–Crippen LogP) is 3.41. The van der Waals surface area contributed by atoms with Crippen molar-refractivity contribution in [2.75, 3.05) is 13.1 Å². The van der Waals surface area contributed by atoms with E-state index in [9.17, 15) is 17.2 Å². The summed E-state index contributed by atoms with van der Waals surface area (Å²) in [4.78, 5) is -0.850. The Morgan fingerprint density at radius 1 is 0.958 bits per heavy atom. The normalized spacial score (nSPS) is 17.3. The molecule has 1 saturated heterocycles. The van der Waals surface area contributed by atoms with Crippen LogP contribution in [0.3, 0.4) is 0 Å². The van der Waals surface area contributed by atoms with Crippen molar-refractivity contribution >= 4 is 10.0 Å². The summed E-state index contributed by atoms with van der Waals surface area (Å²) in [6.45, 7) is 4.53. The number of aryl methyl sites for hydroxylation is 2. The van der Waals surface area contributed by atoms with Crippen LogP contribution in [0, 0.1) is 25.5 Å². The molecule has 0 atom stereocenters. The van der Waals surface area contributed by atoms with Crippen LogP contribution in [0.15, 0.2) is 35.2 Å². The second kappa shape index (κ2) is 6.29. The maximum Gasteiger partial charge on any atom is 0.248 e. The van der Waals surface area contributed by atoms with Crippen LogP contribution in [0.1, 0.15) is 30.3 Å². The number of benzene rings is 1. The first-order valence-electron chi connectivity index (χ1n) is 7.91. The lowest BCUT2D eigenvalue weighted by atomic mass is 10.1. The number of sulfonamides is 1. The Kier molecular flexibility index (Phi) is 4.48. The highest BCUT2D eigenvalue weighted by Crippen LogP contribution is 2.30. The Morgan fingerprint density at radius 2 is 1.46 bits per heavy atom. The maximum absolute atomic E-state index is 13.9. The molecule has 1 aliphatic rings. The summed E-state index contributed by atoms with van der Waals surface area (Å²) in [6, 6.07) is 7.37. The molecule has 0 amide bonds. The molecule has 24 heavy (non-hydrogen) atoms. The van der Waals surface area contributed by atoms with Crippen molar-refractivity contribution in [2.24, 2.45) is 0 Å². The van der Waals surface area contributed by atoms with E-state index >= 15 is 0 Å². The summed E-state index contributed by atoms with van der Waals surface area (Å²) < 4.78 is 56.3. The van der Waals surface area contributed by atoms with Gasteiger partial charge in [-0.25, -0.2) is 17.2 Å². The lowest BCUT2D eigenvalue weighted by molar-refractivity contribution is 0.269. The first-order valence-corrected chi connectivity index (χ1v) is 9.35. The molecule has 1 aliphatic heterocycles. The first kappa shape index (κ1) is 17.1. The van der Waals surface area contributed by atoms with Crippen molar-refractivity contribution in [3.63, 3.8) is 0 Å². The van der Waals surface area contributed by atoms with Crippen molar-refractivity contribution in [2.45, 2.75) is 37.6 Å². The monoisotopic (exact) mass is 354 g/mol. The van der Waals surface area contributed by atoms with Gasteiger partial charge in [0.15, 0.2) is 4.90 Å². The van der Waals surface area contributed by atoms with E-state index in [0.29, 0.717) is 12.8 Å². The van der Waals surface area contributed by atoms with Crippen LogP contribution >= 0.6 is 0 Å². The van der Waals surface area contributed by atoms with E-state index in [-0.39, 0.29) is 19.1 Å². The molecular weight excluding hydrogens is 334 g/mol. The summed E-state index contributed by atoms with van der Waals surface area (Å²) in [7, 11) is -4.16. The van der Waals surface area contributed by atoms with Crippen molar-refractivity contribution in [1.29, 1.82) is 0 Å². The molecule has 4 nitrogen and oxygen atoms in total. The fourth-order valence-corrected chi connectivity index (χ4v) is 5.03. The smallest absolute Gasteiger partial charge is 0.248 e. The van der Waals surface area contributed by atoms with Crippen molar-refractivity contribution in [3.8, 4) is 0 Å². The number of hydrogen-bond donors (Lipinski definition) is 0. The average Bonchev–Trinajstić information content (AvgIpc) is 2.86. The van der Waals surface area contributed by atoms with Gasteiger partial charge in [-0.05, 0) is 51.0 Å². The molecule has 1 fully saturated rings. The van der Waals surface area contributed by atoms with Crippen molar-refractivity contribution in [1.82, 2.24) is 8.87 Å². The summed E-state index contributed by atoms with van der Waals surface area (Å²) in [5.74, 6) is -2.09. The molecule has 1 aromatic heterocycles. The summed E-state index contributed by atoms with van der Waals surface area (Å²) in [5.41, 5.74) is 2.27. The minimum atomic E-state index is -4.16. The van der Waals surface area contributed by atoms with Crippen molar-refractivity contribution in [3.05, 3.63) is 53.4 Å². The van der Waals surface area contributed by atoms with E-state index in [4.69, 9.17) is 0 Å². The topological polar surface area (TPSA) is 42.3 Å². The first-order chi connectivity index (χ1) is 11.3. The maximum atomic E-state index is 13.9. The van der Waals surface area contributed by atoms with Gasteiger partial charge in [0, 0.05) is 30.5 Å². The quantitative estimate of drug-likeness (QED) is 0.848. The van der Waals surface area contributed by atoms with Crippen LogP contribution in [0.2, 0.25) is 0 Å². The number of piperidine rings is 1. The number of rotatable bonds is 3. The van der Waals surface area contributed by atoms with Crippen LogP contribution in [-0.4, -0.2) is 30.4 Å². The van der Waals surface area contributed by atoms with Crippen LogP contribution < -0.4 is 0 Å². The highest BCUT2D eigenvalue weighted by molar-refractivity contribution is 7.89. The van der Waals surface area contributed by atoms with E-state index in [1.54, 1.807) is 0 Å². The Labute approximate surface area is 140 Å². The molecule has 0 saturated carbocycles. The fraction of sp³-hybridized carbons (Fsp3) is 0.412. The molecule has 7 heteroatoms. The Morgan fingerprint density at radius 3 is 1.96 bits per heavy atom. The van der Waals surface area contributed by atoms with Gasteiger partial charge in [-0.3, -0.25) is 0 Å². The second-order valence-corrected chi connectivity index (χ2v) is 8.05. The summed E-state index contributed by atoms with van der Waals surface area (Å²) in [5, 5.41) is 0. The van der Waals surface area contributed by atoms with Crippen LogP contribution in [-0.2, 0) is 10.0 Å². The fourth-order valence-electron chi connectivity index (χ4n) is 3.45. The Hall–Kier alpha value is -1.73. The highest BCUT2D eigenvalue weighted by atomic mass is 32.2. The largest absolute Gasteiger partial charge is 0.346 e. The third kappa shape index (κ3) is 2.86. The standard InChI is InChI=1S/C17H20F2N2O2S/c1-12-6-7-13(2)21(12)14-8-10-20(11-9-14)24(22,23)17-15(18)4-3-5-16(17)19/h3-7,14H,8-11H2,1-2H3. The molecule has 0 bridgehead atoms. The number of aromatic nitrogens is 1. The predicted molar refractivity (Wildman–Crippen MR) is 87.3 cm³/mol. The molecule has 1 aromatic carbocycles. The van der Waals surface area contributed by atoms with Gasteiger partial charge in [-0.15, -0.1) is 0 Å². The molecule has 0 aliphatic carbocycles. The molecule has 3 rings (SSSR count). The van der Waals surface area contributed by atoms with E-state index in [1.165, 1.54) is 4.31 Å². The van der Waals surface area contributed by atoms with Crippen LogP contribution in [0.4, 0.5) is 8.78 Å². The summed E-state index contributed by atoms with van der Waals surface area (Å²) >= 11 is 0. The lowest BCUT2D eigenvalue weighted by Crippen LogP contribution is -2.40. The van der Waals surface area contributed by atoms with Crippen LogP contribution in [0.25, 0.3) is 0 Å². The van der Waals surface area contributed by atoms with Gasteiger partial charge >= 0.3 is 0 Å². The Bertz CT molecular complexity index is 814. The molecule has 0 unspecified atom stereocenters. The van der Waals surface area contributed by atoms with Gasteiger partial charge in [0.25, 0.3) is 0 Å². The zero-order valence-corrected chi connectivity index (χ0v) is 14.5. The minimum Gasteiger partial charge on any atom is -0.346 e. The van der Waals surface area contributed by atoms with Gasteiger partial charge in [-0.1, -0.05) is 6.07 Å². The zero-order valence-electron chi connectivity index (χ0n) is 13.7. The van der Waals surface area contributed by atoms with E-state index in [1.807, 2.05) is 26.0 Å². The highest BCUT2D eigenvalue weighted by Gasteiger charge is 2.34. The second-order valence-electron chi connectivity index (χ2n) is 6.17. The lowest BCUT2D eigenvalue weighted by Gasteiger charge is -2.33. The number of nitrogens with zero attached hydrogens (tertiary/aromatic N) is 2. The third-order valence-electron chi connectivity index (χ3n) is 4.63. The summed E-state index contributed by atoms with van der Waals surface area (Å²) in [6.07, 6.45) is 1.23. The zero-order chi connectivity index (χ0) is 17.5. The molecule has 2 heterocycles. The molecule has 0 radical (unpaired) electrons. The van der Waals surface area contributed by atoms with Crippen LogP contribution in [0.5, 0.6) is 0 Å². The molecule has 0 N–H and O–H groups in total. The van der Waals surface area contributed by atoms with Gasteiger partial charge in [0.2, 0.25) is 10.0 Å². The van der Waals surface area contributed by atoms with E-state index < -0.39 is 26.6 Å². The SMILES string of the molecule is Cc1ccc(C)n1C1CCN(S(=O)(=O)c2c(F)cccc2F)CC1. The van der Waals surface area contributed by atoms with Gasteiger partial charge in [0.1, 0.15) is 11.6 Å². The van der Waals surface area contributed by atoms with E-state index in [0.717, 1.165) is 29.6 Å². The number of hydrogen-bond acceptors (Lipinski definition) is 2.